The van der Waals surface area contributed by atoms with Crippen LogP contribution in [0.15, 0.2) is 46.9 Å². The van der Waals surface area contributed by atoms with E-state index in [4.69, 9.17) is 16.3 Å². The van der Waals surface area contributed by atoms with Crippen molar-refractivity contribution in [1.82, 2.24) is 4.31 Å². The number of carbonyl (C=O) groups is 1. The number of nitrogens with zero attached hydrogens (tertiary/aromatic N) is 1. The lowest BCUT2D eigenvalue weighted by atomic mass is 9.97. The maximum atomic E-state index is 12.7. The zero-order chi connectivity index (χ0) is 21.0. The molecular formula is C20H22BrClN2O4S. The molecule has 0 aliphatic carbocycles. The van der Waals surface area contributed by atoms with Crippen molar-refractivity contribution in [3.63, 3.8) is 0 Å². The lowest BCUT2D eigenvalue weighted by Crippen LogP contribution is -2.41. The number of halogens is 2. The first-order chi connectivity index (χ1) is 13.8. The molecule has 0 atom stereocenters. The van der Waals surface area contributed by atoms with Crippen LogP contribution >= 0.6 is 27.5 Å². The molecule has 2 aromatic rings. The van der Waals surface area contributed by atoms with Crippen molar-refractivity contribution in [1.29, 1.82) is 0 Å². The van der Waals surface area contributed by atoms with Crippen LogP contribution in [0.4, 0.5) is 5.69 Å². The summed E-state index contributed by atoms with van der Waals surface area (Å²) in [7, 11) is -1.89. The highest BCUT2D eigenvalue weighted by Crippen LogP contribution is 2.28. The van der Waals surface area contributed by atoms with Crippen molar-refractivity contribution < 1.29 is 17.9 Å². The maximum Gasteiger partial charge on any atom is 0.227 e. The fourth-order valence-corrected chi connectivity index (χ4v) is 5.35. The Hall–Kier alpha value is -1.61. The van der Waals surface area contributed by atoms with E-state index in [1.807, 2.05) is 12.1 Å². The fourth-order valence-electron chi connectivity index (χ4n) is 3.27. The van der Waals surface area contributed by atoms with Gasteiger partial charge in [-0.2, -0.15) is 0 Å². The van der Waals surface area contributed by atoms with Gasteiger partial charge in [0.1, 0.15) is 5.75 Å². The molecule has 0 saturated carbocycles. The number of benzene rings is 2. The minimum Gasteiger partial charge on any atom is -0.495 e. The van der Waals surface area contributed by atoms with Crippen molar-refractivity contribution in [3.05, 3.63) is 57.5 Å². The molecule has 0 spiro atoms. The highest BCUT2D eigenvalue weighted by Gasteiger charge is 2.31. The Bertz CT molecular complexity index is 974. The molecular weight excluding hydrogens is 480 g/mol. The number of rotatable bonds is 6. The minimum atomic E-state index is -3.42. The number of amides is 1. The Morgan fingerprint density at radius 3 is 2.45 bits per heavy atom. The summed E-state index contributed by atoms with van der Waals surface area (Å²) in [6.45, 7) is 0.667. The molecule has 1 N–H and O–H groups in total. The summed E-state index contributed by atoms with van der Waals surface area (Å²) in [5.74, 6) is 0.127. The molecule has 2 aromatic carbocycles. The van der Waals surface area contributed by atoms with Gasteiger partial charge in [0.05, 0.1) is 17.9 Å². The number of piperidine rings is 1. The van der Waals surface area contributed by atoms with Gasteiger partial charge in [0.15, 0.2) is 0 Å². The second kappa shape index (κ2) is 9.47. The third kappa shape index (κ3) is 5.72. The van der Waals surface area contributed by atoms with Crippen LogP contribution in [0.2, 0.25) is 5.02 Å². The smallest absolute Gasteiger partial charge is 0.227 e. The molecule has 1 amide bonds. The summed E-state index contributed by atoms with van der Waals surface area (Å²) in [5.41, 5.74) is 1.33. The summed E-state index contributed by atoms with van der Waals surface area (Å²) in [5, 5.41) is 3.27. The van der Waals surface area contributed by atoms with Crippen LogP contribution in [0.1, 0.15) is 18.4 Å². The zero-order valence-electron chi connectivity index (χ0n) is 15.9. The van der Waals surface area contributed by atoms with Crippen LogP contribution in [0, 0.1) is 5.92 Å². The Morgan fingerprint density at radius 1 is 1.21 bits per heavy atom. The number of nitrogens with one attached hydrogen (secondary N) is 1. The van der Waals surface area contributed by atoms with Gasteiger partial charge in [-0.3, -0.25) is 4.79 Å². The first-order valence-electron chi connectivity index (χ1n) is 9.15. The van der Waals surface area contributed by atoms with Crippen LogP contribution in [-0.2, 0) is 20.6 Å². The number of hydrogen-bond acceptors (Lipinski definition) is 4. The normalized spacial score (nSPS) is 15.8. The van der Waals surface area contributed by atoms with Crippen molar-refractivity contribution in [3.8, 4) is 5.75 Å². The van der Waals surface area contributed by atoms with Crippen molar-refractivity contribution in [2.24, 2.45) is 5.92 Å². The van der Waals surface area contributed by atoms with Crippen molar-refractivity contribution >= 4 is 49.1 Å². The quantitative estimate of drug-likeness (QED) is 0.641. The van der Waals surface area contributed by atoms with Gasteiger partial charge in [0, 0.05) is 29.2 Å². The number of carbonyl (C=O) groups excluding carboxylic acids is 1. The summed E-state index contributed by atoms with van der Waals surface area (Å²) < 4.78 is 32.9. The predicted octanol–water partition coefficient (Wildman–Crippen LogP) is 4.29. The first-order valence-corrected chi connectivity index (χ1v) is 11.9. The topological polar surface area (TPSA) is 75.7 Å². The van der Waals surface area contributed by atoms with E-state index in [0.717, 1.165) is 10.0 Å². The Balaban J connectivity index is 1.55. The number of anilines is 1. The third-order valence-electron chi connectivity index (χ3n) is 4.90. The molecule has 156 valence electrons. The molecule has 0 radical (unpaired) electrons. The molecule has 1 aliphatic heterocycles. The molecule has 0 unspecified atom stereocenters. The van der Waals surface area contributed by atoms with E-state index in [0.29, 0.717) is 42.4 Å². The lowest BCUT2D eigenvalue weighted by molar-refractivity contribution is -0.120. The van der Waals surface area contributed by atoms with Gasteiger partial charge < -0.3 is 10.1 Å². The molecule has 0 aromatic heterocycles. The molecule has 0 bridgehead atoms. The molecule has 1 aliphatic rings. The maximum absolute atomic E-state index is 12.7. The summed E-state index contributed by atoms with van der Waals surface area (Å²) in [4.78, 5) is 12.6. The average Bonchev–Trinajstić information content (AvgIpc) is 2.70. The van der Waals surface area contributed by atoms with E-state index in [1.54, 1.807) is 30.3 Å². The van der Waals surface area contributed by atoms with E-state index >= 15 is 0 Å². The average molecular weight is 502 g/mol. The Kier molecular flexibility index (Phi) is 7.21. The largest absolute Gasteiger partial charge is 0.495 e. The molecule has 1 fully saturated rings. The predicted molar refractivity (Wildman–Crippen MR) is 118 cm³/mol. The van der Waals surface area contributed by atoms with Gasteiger partial charge in [-0.1, -0.05) is 39.7 Å². The van der Waals surface area contributed by atoms with E-state index < -0.39 is 10.0 Å². The number of hydrogen-bond donors (Lipinski definition) is 1. The standard InChI is InChI=1S/C20H22BrClN2O4S/c1-28-19-7-6-17(12-18(19)22)23-20(25)15-8-10-24(11-9-15)29(26,27)13-14-2-4-16(21)5-3-14/h2-7,12,15H,8-11,13H2,1H3,(H,23,25). The van der Waals surface area contributed by atoms with Crippen LogP contribution in [0.5, 0.6) is 5.75 Å². The molecule has 6 nitrogen and oxygen atoms in total. The summed E-state index contributed by atoms with van der Waals surface area (Å²) in [6, 6.07) is 12.3. The Labute approximate surface area is 184 Å². The highest BCUT2D eigenvalue weighted by molar-refractivity contribution is 9.10. The fraction of sp³-hybridized carbons (Fsp3) is 0.350. The lowest BCUT2D eigenvalue weighted by Gasteiger charge is -2.30. The van der Waals surface area contributed by atoms with Gasteiger partial charge in [-0.15, -0.1) is 0 Å². The SMILES string of the molecule is COc1ccc(NC(=O)C2CCN(S(=O)(=O)Cc3ccc(Br)cc3)CC2)cc1Cl. The molecule has 3 rings (SSSR count). The molecule has 1 saturated heterocycles. The molecule has 29 heavy (non-hydrogen) atoms. The highest BCUT2D eigenvalue weighted by atomic mass is 79.9. The second-order valence-electron chi connectivity index (χ2n) is 6.89. The number of methoxy groups -OCH3 is 1. The minimum absolute atomic E-state index is 0.0402. The second-order valence-corrected chi connectivity index (χ2v) is 10.2. The van der Waals surface area contributed by atoms with Crippen molar-refractivity contribution in [2.45, 2.75) is 18.6 Å². The van der Waals surface area contributed by atoms with E-state index in [1.165, 1.54) is 11.4 Å². The van der Waals surface area contributed by atoms with E-state index in [-0.39, 0.29) is 17.6 Å². The van der Waals surface area contributed by atoms with Gasteiger partial charge in [0.25, 0.3) is 0 Å². The zero-order valence-corrected chi connectivity index (χ0v) is 19.1. The molecule has 1 heterocycles. The van der Waals surface area contributed by atoms with Crippen LogP contribution in [0.3, 0.4) is 0 Å². The third-order valence-corrected chi connectivity index (χ3v) is 7.57. The van der Waals surface area contributed by atoms with Gasteiger partial charge in [-0.05, 0) is 48.7 Å². The first kappa shape index (κ1) is 22.1. The summed E-state index contributed by atoms with van der Waals surface area (Å²) in [6.07, 6.45) is 0.963. The van der Waals surface area contributed by atoms with Crippen molar-refractivity contribution in [2.75, 3.05) is 25.5 Å². The van der Waals surface area contributed by atoms with Gasteiger partial charge in [0.2, 0.25) is 15.9 Å². The van der Waals surface area contributed by atoms with E-state index in [9.17, 15) is 13.2 Å². The summed E-state index contributed by atoms with van der Waals surface area (Å²) >= 11 is 9.44. The molecule has 9 heteroatoms. The van der Waals surface area contributed by atoms with Crippen LogP contribution in [-0.4, -0.2) is 38.8 Å². The Morgan fingerprint density at radius 2 is 1.86 bits per heavy atom. The van der Waals surface area contributed by atoms with Crippen LogP contribution < -0.4 is 10.1 Å². The van der Waals surface area contributed by atoms with E-state index in [2.05, 4.69) is 21.2 Å². The van der Waals surface area contributed by atoms with Gasteiger partial charge in [-0.25, -0.2) is 12.7 Å². The number of ether oxygens (including phenoxy) is 1. The van der Waals surface area contributed by atoms with Crippen LogP contribution in [0.25, 0.3) is 0 Å². The number of sulfonamides is 1. The van der Waals surface area contributed by atoms with Gasteiger partial charge >= 0.3 is 0 Å². The monoisotopic (exact) mass is 500 g/mol.